The van der Waals surface area contributed by atoms with Gasteiger partial charge in [-0.3, -0.25) is 4.90 Å². The lowest BCUT2D eigenvalue weighted by atomic mass is 10.0. The van der Waals surface area contributed by atoms with Gasteiger partial charge in [0.25, 0.3) is 0 Å². The SMILES string of the molecule is FC(F)(F)c1ccccc1OCCN1CCC(=Cc2ccccc2)CC1. The molecule has 0 bridgehead atoms. The van der Waals surface area contributed by atoms with E-state index in [2.05, 4.69) is 23.1 Å². The van der Waals surface area contributed by atoms with Gasteiger partial charge >= 0.3 is 6.18 Å². The standard InChI is InChI=1S/C21H22F3NO/c22-21(23,24)19-8-4-5-9-20(19)26-15-14-25-12-10-18(11-13-25)16-17-6-2-1-3-7-17/h1-9,16H,10-15H2. The second-order valence-electron chi connectivity index (χ2n) is 6.40. The summed E-state index contributed by atoms with van der Waals surface area (Å²) in [7, 11) is 0. The Morgan fingerprint density at radius 2 is 1.58 bits per heavy atom. The zero-order valence-corrected chi connectivity index (χ0v) is 14.5. The van der Waals surface area contributed by atoms with Gasteiger partial charge in [-0.15, -0.1) is 0 Å². The number of benzene rings is 2. The maximum atomic E-state index is 13.0. The molecule has 3 rings (SSSR count). The average Bonchev–Trinajstić information content (AvgIpc) is 2.64. The maximum absolute atomic E-state index is 13.0. The fraction of sp³-hybridized carbons (Fsp3) is 0.333. The number of alkyl halides is 3. The third-order valence-corrected chi connectivity index (χ3v) is 4.53. The second kappa shape index (κ2) is 8.41. The molecular formula is C21H22F3NO. The first-order valence-electron chi connectivity index (χ1n) is 8.78. The minimum absolute atomic E-state index is 0.0957. The van der Waals surface area contributed by atoms with Gasteiger partial charge in [-0.05, 0) is 30.5 Å². The predicted octanol–water partition coefficient (Wildman–Crippen LogP) is 5.26. The van der Waals surface area contributed by atoms with E-state index in [1.54, 1.807) is 6.07 Å². The van der Waals surface area contributed by atoms with Crippen molar-refractivity contribution in [2.75, 3.05) is 26.2 Å². The number of piperidine rings is 1. The van der Waals surface area contributed by atoms with E-state index in [4.69, 9.17) is 4.74 Å². The molecule has 0 radical (unpaired) electrons. The van der Waals surface area contributed by atoms with Gasteiger partial charge < -0.3 is 4.74 Å². The summed E-state index contributed by atoms with van der Waals surface area (Å²) in [4.78, 5) is 2.23. The quantitative estimate of drug-likeness (QED) is 0.720. The largest absolute Gasteiger partial charge is 0.492 e. The normalized spacial score (nSPS) is 15.7. The van der Waals surface area contributed by atoms with Crippen LogP contribution in [0.4, 0.5) is 13.2 Å². The molecule has 1 aliphatic rings. The number of hydrogen-bond acceptors (Lipinski definition) is 2. The highest BCUT2D eigenvalue weighted by atomic mass is 19.4. The fourth-order valence-corrected chi connectivity index (χ4v) is 3.10. The molecule has 0 saturated carbocycles. The highest BCUT2D eigenvalue weighted by molar-refractivity contribution is 5.52. The number of rotatable bonds is 5. The van der Waals surface area contributed by atoms with Gasteiger partial charge in [-0.25, -0.2) is 0 Å². The number of hydrogen-bond donors (Lipinski definition) is 0. The number of para-hydroxylation sites is 1. The van der Waals surface area contributed by atoms with Crippen LogP contribution in [0.3, 0.4) is 0 Å². The van der Waals surface area contributed by atoms with Crippen LogP contribution in [0.1, 0.15) is 24.0 Å². The molecule has 0 N–H and O–H groups in total. The summed E-state index contributed by atoms with van der Waals surface area (Å²) in [5.41, 5.74) is 1.91. The van der Waals surface area contributed by atoms with Crippen molar-refractivity contribution < 1.29 is 17.9 Å². The Morgan fingerprint density at radius 1 is 0.923 bits per heavy atom. The van der Waals surface area contributed by atoms with Crippen molar-refractivity contribution in [3.05, 3.63) is 71.3 Å². The van der Waals surface area contributed by atoms with E-state index in [0.29, 0.717) is 6.54 Å². The van der Waals surface area contributed by atoms with Crippen LogP contribution in [0.25, 0.3) is 6.08 Å². The van der Waals surface area contributed by atoms with Crippen LogP contribution >= 0.6 is 0 Å². The first kappa shape index (κ1) is 18.5. The molecule has 2 nitrogen and oxygen atoms in total. The minimum atomic E-state index is -4.39. The molecule has 138 valence electrons. The minimum Gasteiger partial charge on any atom is -0.492 e. The Bertz CT molecular complexity index is 730. The van der Waals surface area contributed by atoms with Gasteiger partial charge in [-0.2, -0.15) is 13.2 Å². The molecule has 1 fully saturated rings. The Labute approximate surface area is 151 Å². The molecule has 0 atom stereocenters. The molecule has 1 aliphatic heterocycles. The lowest BCUT2D eigenvalue weighted by Gasteiger charge is -2.28. The van der Waals surface area contributed by atoms with Gasteiger partial charge in [0, 0.05) is 19.6 Å². The van der Waals surface area contributed by atoms with Crippen molar-refractivity contribution in [2.24, 2.45) is 0 Å². The Morgan fingerprint density at radius 3 is 2.27 bits per heavy atom. The van der Waals surface area contributed by atoms with Crippen molar-refractivity contribution >= 4 is 6.08 Å². The smallest absolute Gasteiger partial charge is 0.419 e. The van der Waals surface area contributed by atoms with Crippen LogP contribution in [0.5, 0.6) is 5.75 Å². The van der Waals surface area contributed by atoms with Crippen molar-refractivity contribution in [3.63, 3.8) is 0 Å². The van der Waals surface area contributed by atoms with Gasteiger partial charge in [0.2, 0.25) is 0 Å². The van der Waals surface area contributed by atoms with E-state index in [9.17, 15) is 13.2 Å². The number of ether oxygens (including phenoxy) is 1. The molecule has 26 heavy (non-hydrogen) atoms. The Balaban J connectivity index is 1.47. The molecule has 1 heterocycles. The average molecular weight is 361 g/mol. The lowest BCUT2D eigenvalue weighted by molar-refractivity contribution is -0.139. The van der Waals surface area contributed by atoms with Crippen LogP contribution in [-0.4, -0.2) is 31.1 Å². The monoisotopic (exact) mass is 361 g/mol. The van der Waals surface area contributed by atoms with Crippen LogP contribution in [0.15, 0.2) is 60.2 Å². The third kappa shape index (κ3) is 5.11. The third-order valence-electron chi connectivity index (χ3n) is 4.53. The van der Waals surface area contributed by atoms with E-state index in [0.717, 1.165) is 32.0 Å². The topological polar surface area (TPSA) is 12.5 Å². The number of likely N-dealkylation sites (tertiary alicyclic amines) is 1. The molecule has 0 aliphatic carbocycles. The highest BCUT2D eigenvalue weighted by Crippen LogP contribution is 2.35. The van der Waals surface area contributed by atoms with E-state index < -0.39 is 11.7 Å². The Hall–Kier alpha value is -2.27. The van der Waals surface area contributed by atoms with Crippen LogP contribution in [0, 0.1) is 0 Å². The van der Waals surface area contributed by atoms with E-state index >= 15 is 0 Å². The van der Waals surface area contributed by atoms with Crippen molar-refractivity contribution in [3.8, 4) is 5.75 Å². The molecule has 1 saturated heterocycles. The van der Waals surface area contributed by atoms with Gasteiger partial charge in [0.15, 0.2) is 0 Å². The first-order valence-corrected chi connectivity index (χ1v) is 8.78. The summed E-state index contributed by atoms with van der Waals surface area (Å²) >= 11 is 0. The van der Waals surface area contributed by atoms with Crippen LogP contribution < -0.4 is 4.74 Å². The van der Waals surface area contributed by atoms with E-state index in [-0.39, 0.29) is 12.4 Å². The lowest BCUT2D eigenvalue weighted by Crippen LogP contribution is -2.34. The molecule has 2 aromatic carbocycles. The van der Waals surface area contributed by atoms with Gasteiger partial charge in [0.05, 0.1) is 5.56 Å². The zero-order valence-electron chi connectivity index (χ0n) is 14.5. The summed E-state index contributed by atoms with van der Waals surface area (Å²) in [6.45, 7) is 2.70. The molecule has 0 amide bonds. The summed E-state index contributed by atoms with van der Waals surface area (Å²) in [6, 6.07) is 15.6. The van der Waals surface area contributed by atoms with Gasteiger partial charge in [-0.1, -0.05) is 54.1 Å². The zero-order chi connectivity index (χ0) is 18.4. The van der Waals surface area contributed by atoms with Crippen LogP contribution in [-0.2, 0) is 6.18 Å². The van der Waals surface area contributed by atoms with Crippen LogP contribution in [0.2, 0.25) is 0 Å². The predicted molar refractivity (Wildman–Crippen MR) is 97.0 cm³/mol. The molecule has 0 aromatic heterocycles. The number of nitrogens with zero attached hydrogens (tertiary/aromatic N) is 1. The van der Waals surface area contributed by atoms with E-state index in [1.807, 2.05) is 18.2 Å². The first-order chi connectivity index (χ1) is 12.5. The summed E-state index contributed by atoms with van der Waals surface area (Å²) in [5, 5.41) is 0. The van der Waals surface area contributed by atoms with E-state index in [1.165, 1.54) is 23.3 Å². The summed E-state index contributed by atoms with van der Waals surface area (Å²) in [5.74, 6) is -0.0957. The Kier molecular flexibility index (Phi) is 5.99. The molecular weight excluding hydrogens is 339 g/mol. The van der Waals surface area contributed by atoms with Crippen molar-refractivity contribution in [1.29, 1.82) is 0 Å². The fourth-order valence-electron chi connectivity index (χ4n) is 3.10. The molecule has 5 heteroatoms. The van der Waals surface area contributed by atoms with Gasteiger partial charge in [0.1, 0.15) is 12.4 Å². The second-order valence-corrected chi connectivity index (χ2v) is 6.40. The summed E-state index contributed by atoms with van der Waals surface area (Å²) < 4.78 is 44.3. The summed E-state index contributed by atoms with van der Waals surface area (Å²) in [6.07, 6.45) is -0.200. The maximum Gasteiger partial charge on any atom is 0.419 e. The molecule has 0 spiro atoms. The number of halogens is 3. The van der Waals surface area contributed by atoms with Crippen molar-refractivity contribution in [1.82, 2.24) is 4.90 Å². The molecule has 2 aromatic rings. The highest BCUT2D eigenvalue weighted by Gasteiger charge is 2.34. The molecule has 0 unspecified atom stereocenters. The van der Waals surface area contributed by atoms with Crippen molar-refractivity contribution in [2.45, 2.75) is 19.0 Å².